The molecule has 0 saturated carbocycles. The van der Waals surface area contributed by atoms with Crippen LogP contribution in [0.5, 0.6) is 0 Å². The van der Waals surface area contributed by atoms with Gasteiger partial charge in [-0.3, -0.25) is 0 Å². The highest BCUT2D eigenvalue weighted by molar-refractivity contribution is 5.93. The van der Waals surface area contributed by atoms with Crippen LogP contribution in [0, 0.1) is 12.3 Å². The molecule has 4 rings (SSSR count). The van der Waals surface area contributed by atoms with Gasteiger partial charge in [-0.25, -0.2) is 18.7 Å². The molecule has 6 heteroatoms. The van der Waals surface area contributed by atoms with Gasteiger partial charge in [-0.1, -0.05) is 28.2 Å². The van der Waals surface area contributed by atoms with Crippen LogP contribution in [-0.4, -0.2) is 9.97 Å². The maximum absolute atomic E-state index is 13.3. The first-order valence-electron chi connectivity index (χ1n) is 10.8. The van der Waals surface area contributed by atoms with Crippen molar-refractivity contribution in [3.05, 3.63) is 57.9 Å². The summed E-state index contributed by atoms with van der Waals surface area (Å²) < 4.78 is 26.5. The third-order valence-electron chi connectivity index (χ3n) is 6.21. The molecule has 0 amide bonds. The summed E-state index contributed by atoms with van der Waals surface area (Å²) in [5.74, 6) is 1.43. The highest BCUT2D eigenvalue weighted by Crippen LogP contribution is 2.42. The van der Waals surface area contributed by atoms with E-state index in [0.717, 1.165) is 36.0 Å². The number of hydrogen-bond acceptors (Lipinski definition) is 4. The minimum absolute atomic E-state index is 0. The second-order valence-electron chi connectivity index (χ2n) is 9.48. The Labute approximate surface area is 189 Å². The first kappa shape index (κ1) is 23.9. The molecule has 0 aliphatic heterocycles. The summed E-state index contributed by atoms with van der Waals surface area (Å²) >= 11 is 0. The molecule has 0 unspecified atom stereocenters. The number of benzene rings is 2. The van der Waals surface area contributed by atoms with Gasteiger partial charge >= 0.3 is 0 Å². The number of nitrogens with zero attached hydrogens (tertiary/aromatic N) is 2. The Morgan fingerprint density at radius 2 is 1.72 bits per heavy atom. The largest absolute Gasteiger partial charge is 0.399 e. The summed E-state index contributed by atoms with van der Waals surface area (Å²) in [6.45, 7) is 10.6. The molecule has 3 aromatic rings. The molecule has 1 atom stereocenters. The third kappa shape index (κ3) is 4.41. The molecule has 4 nitrogen and oxygen atoms in total. The predicted molar refractivity (Wildman–Crippen MR) is 129 cm³/mol. The standard InChI is InChI=1S/C25H30F2N4.CH4/c1-6-15-10-19-22(21-12-25(4,5)11-20(15)21)30-14(3)31-24(19)29-13(2)16-7-17(23(26)27)9-18(28)8-16;/h7-10,13,23H,6,11-12,28H2,1-5H3,(H,29,30,31);1H4/t13-;/m1./s1. The predicted octanol–water partition coefficient (Wildman–Crippen LogP) is 6.95. The van der Waals surface area contributed by atoms with Gasteiger partial charge in [-0.15, -0.1) is 0 Å². The Balaban J connectivity index is 0.00000289. The number of fused-ring (bicyclic) bond motifs is 3. The van der Waals surface area contributed by atoms with Crippen molar-refractivity contribution >= 4 is 22.4 Å². The zero-order valence-corrected chi connectivity index (χ0v) is 18.8. The van der Waals surface area contributed by atoms with Crippen molar-refractivity contribution in [2.75, 3.05) is 11.1 Å². The van der Waals surface area contributed by atoms with Crippen LogP contribution >= 0.6 is 0 Å². The number of rotatable bonds is 5. The monoisotopic (exact) mass is 440 g/mol. The molecule has 0 fully saturated rings. The fraction of sp³-hybridized carbons (Fsp3) is 0.462. The quantitative estimate of drug-likeness (QED) is 0.421. The van der Waals surface area contributed by atoms with Gasteiger partial charge in [0.25, 0.3) is 6.43 Å². The van der Waals surface area contributed by atoms with Gasteiger partial charge < -0.3 is 11.1 Å². The summed E-state index contributed by atoms with van der Waals surface area (Å²) in [7, 11) is 0. The molecule has 1 aliphatic rings. The van der Waals surface area contributed by atoms with Crippen LogP contribution in [0.15, 0.2) is 24.3 Å². The van der Waals surface area contributed by atoms with E-state index < -0.39 is 6.43 Å². The van der Waals surface area contributed by atoms with Crippen molar-refractivity contribution in [1.29, 1.82) is 0 Å². The average molecular weight is 441 g/mol. The highest BCUT2D eigenvalue weighted by atomic mass is 19.3. The van der Waals surface area contributed by atoms with Gasteiger partial charge in [0, 0.05) is 16.6 Å². The summed E-state index contributed by atoms with van der Waals surface area (Å²) in [6, 6.07) is 6.52. The van der Waals surface area contributed by atoms with Gasteiger partial charge in [-0.05, 0) is 85.0 Å². The fourth-order valence-electron chi connectivity index (χ4n) is 4.77. The van der Waals surface area contributed by atoms with Crippen LogP contribution in [0.3, 0.4) is 0 Å². The van der Waals surface area contributed by atoms with E-state index in [9.17, 15) is 8.78 Å². The average Bonchev–Trinajstić information content (AvgIpc) is 3.02. The van der Waals surface area contributed by atoms with Gasteiger partial charge in [0.1, 0.15) is 11.6 Å². The van der Waals surface area contributed by atoms with E-state index in [1.807, 2.05) is 13.8 Å². The van der Waals surface area contributed by atoms with Gasteiger partial charge in [-0.2, -0.15) is 0 Å². The molecule has 3 N–H and O–H groups in total. The van der Waals surface area contributed by atoms with E-state index in [2.05, 4.69) is 37.1 Å². The molecule has 0 saturated heterocycles. The zero-order valence-electron chi connectivity index (χ0n) is 18.8. The molecule has 1 aromatic heterocycles. The molecule has 0 spiro atoms. The summed E-state index contributed by atoms with van der Waals surface area (Å²) in [4.78, 5) is 9.49. The summed E-state index contributed by atoms with van der Waals surface area (Å²) in [6.07, 6.45) is 0.438. The van der Waals surface area contributed by atoms with E-state index >= 15 is 0 Å². The smallest absolute Gasteiger partial charge is 0.263 e. The normalized spacial score (nSPS) is 15.5. The number of nitrogen functional groups attached to an aromatic ring is 1. The SMILES string of the molecule is C.CCc1cc2c(N[C@H](C)c3cc(N)cc(C(F)F)c3)nc(C)nc2c2c1CC(C)(C)C2. The lowest BCUT2D eigenvalue weighted by atomic mass is 9.90. The Kier molecular flexibility index (Phi) is 6.45. The summed E-state index contributed by atoms with van der Waals surface area (Å²) in [5, 5.41) is 4.44. The first-order chi connectivity index (χ1) is 14.6. The second kappa shape index (κ2) is 8.64. The third-order valence-corrected chi connectivity index (χ3v) is 6.21. The maximum Gasteiger partial charge on any atom is 0.263 e. The van der Waals surface area contributed by atoms with Crippen molar-refractivity contribution in [2.45, 2.75) is 73.8 Å². The number of halogens is 2. The Morgan fingerprint density at radius 3 is 2.38 bits per heavy atom. The van der Waals surface area contributed by atoms with Crippen LogP contribution in [0.2, 0.25) is 0 Å². The molecule has 1 heterocycles. The molecule has 32 heavy (non-hydrogen) atoms. The molecular formula is C26H34F2N4. The lowest BCUT2D eigenvalue weighted by Gasteiger charge is -2.20. The van der Waals surface area contributed by atoms with Crippen LogP contribution in [0.1, 0.15) is 81.2 Å². The minimum Gasteiger partial charge on any atom is -0.399 e. The second-order valence-corrected chi connectivity index (χ2v) is 9.48. The maximum atomic E-state index is 13.3. The van der Waals surface area contributed by atoms with Crippen LogP contribution in [0.4, 0.5) is 20.3 Å². The van der Waals surface area contributed by atoms with E-state index in [4.69, 9.17) is 10.7 Å². The molecular weight excluding hydrogens is 406 g/mol. The molecule has 1 aliphatic carbocycles. The van der Waals surface area contributed by atoms with Gasteiger partial charge in [0.2, 0.25) is 0 Å². The number of anilines is 2. The molecule has 2 aromatic carbocycles. The Hall–Kier alpha value is -2.76. The van der Waals surface area contributed by atoms with Crippen molar-refractivity contribution in [1.82, 2.24) is 9.97 Å². The number of nitrogens with two attached hydrogens (primary N) is 1. The van der Waals surface area contributed by atoms with Gasteiger partial charge in [0.05, 0.1) is 11.6 Å². The summed E-state index contributed by atoms with van der Waals surface area (Å²) in [5.41, 5.74) is 12.1. The Bertz CT molecular complexity index is 1150. The first-order valence-corrected chi connectivity index (χ1v) is 10.8. The highest BCUT2D eigenvalue weighted by Gasteiger charge is 2.32. The molecule has 0 radical (unpaired) electrons. The van der Waals surface area contributed by atoms with Crippen molar-refractivity contribution in [2.24, 2.45) is 5.41 Å². The lowest BCUT2D eigenvalue weighted by Crippen LogP contribution is -2.11. The number of nitrogens with one attached hydrogen (secondary N) is 1. The number of aryl methyl sites for hydroxylation is 2. The molecule has 172 valence electrons. The Morgan fingerprint density at radius 1 is 1.06 bits per heavy atom. The van der Waals surface area contributed by atoms with E-state index in [0.29, 0.717) is 17.1 Å². The van der Waals surface area contributed by atoms with Crippen molar-refractivity contribution in [3.63, 3.8) is 0 Å². The lowest BCUT2D eigenvalue weighted by molar-refractivity contribution is 0.151. The van der Waals surface area contributed by atoms with E-state index in [1.54, 1.807) is 6.07 Å². The van der Waals surface area contributed by atoms with Crippen molar-refractivity contribution in [3.8, 4) is 0 Å². The zero-order chi connectivity index (χ0) is 22.5. The number of aromatic nitrogens is 2. The van der Waals surface area contributed by atoms with Crippen molar-refractivity contribution < 1.29 is 8.78 Å². The van der Waals surface area contributed by atoms with E-state index in [1.165, 1.54) is 28.8 Å². The number of alkyl halides is 2. The van der Waals surface area contributed by atoms with E-state index in [-0.39, 0.29) is 24.4 Å². The molecule has 0 bridgehead atoms. The fourth-order valence-corrected chi connectivity index (χ4v) is 4.77. The van der Waals surface area contributed by atoms with Crippen LogP contribution in [0.25, 0.3) is 10.9 Å². The topological polar surface area (TPSA) is 63.8 Å². The van der Waals surface area contributed by atoms with Crippen LogP contribution in [-0.2, 0) is 19.3 Å². The number of hydrogen-bond donors (Lipinski definition) is 2. The van der Waals surface area contributed by atoms with Gasteiger partial charge in [0.15, 0.2) is 0 Å². The minimum atomic E-state index is -2.56. The van der Waals surface area contributed by atoms with Crippen LogP contribution < -0.4 is 11.1 Å².